The maximum absolute atomic E-state index is 10.3. The fraction of sp³-hybridized carbons (Fsp3) is 0.786. The Labute approximate surface area is 121 Å². The van der Waals surface area contributed by atoms with Gasteiger partial charge in [-0.15, -0.1) is 0 Å². The Morgan fingerprint density at radius 3 is 2.15 bits per heavy atom. The van der Waals surface area contributed by atoms with Gasteiger partial charge in [-0.25, -0.2) is 4.79 Å². The lowest BCUT2D eigenvalue weighted by Crippen LogP contribution is -2.06. The number of carbonyl (C=O) groups excluding carboxylic acids is 1. The summed E-state index contributed by atoms with van der Waals surface area (Å²) in [6.07, 6.45) is 1.50. The second kappa shape index (κ2) is 16.1. The predicted octanol–water partition coefficient (Wildman–Crippen LogP) is 1.25. The molecule has 20 heavy (non-hydrogen) atoms. The van der Waals surface area contributed by atoms with Crippen molar-refractivity contribution in [3.8, 4) is 0 Å². The number of aliphatic hydroxyl groups excluding tert-OH is 1. The van der Waals surface area contributed by atoms with Crippen LogP contribution in [0.25, 0.3) is 0 Å². The Morgan fingerprint density at radius 2 is 1.95 bits per heavy atom. The van der Waals surface area contributed by atoms with Crippen LogP contribution < -0.4 is 0 Å². The SMILES string of the molecule is C=CC(=O)OCC1CO1.CCCC(O)O.CCOCC. The molecule has 1 fully saturated rings. The Bertz CT molecular complexity index is 224. The van der Waals surface area contributed by atoms with E-state index in [-0.39, 0.29) is 12.1 Å². The normalized spacial score (nSPS) is 15.4. The van der Waals surface area contributed by atoms with Crippen LogP contribution in [0.15, 0.2) is 12.7 Å². The van der Waals surface area contributed by atoms with Gasteiger partial charge in [-0.1, -0.05) is 19.9 Å². The molecule has 0 amide bonds. The summed E-state index contributed by atoms with van der Waals surface area (Å²) in [5.74, 6) is -0.384. The molecule has 2 N–H and O–H groups in total. The van der Waals surface area contributed by atoms with Crippen LogP contribution in [-0.4, -0.2) is 55.0 Å². The minimum absolute atomic E-state index is 0.147. The molecule has 0 aromatic heterocycles. The van der Waals surface area contributed by atoms with Crippen LogP contribution >= 0.6 is 0 Å². The van der Waals surface area contributed by atoms with Crippen LogP contribution in [0.5, 0.6) is 0 Å². The van der Waals surface area contributed by atoms with Crippen molar-refractivity contribution in [2.45, 2.75) is 46.0 Å². The molecule has 0 bridgehead atoms. The average Bonchev–Trinajstić information content (AvgIpc) is 3.22. The zero-order chi connectivity index (χ0) is 15.8. The van der Waals surface area contributed by atoms with E-state index in [1.807, 2.05) is 20.8 Å². The van der Waals surface area contributed by atoms with Crippen molar-refractivity contribution in [1.29, 1.82) is 0 Å². The lowest BCUT2D eigenvalue weighted by Gasteiger charge is -1.94. The molecular formula is C14H28O6. The number of carbonyl (C=O) groups is 1. The van der Waals surface area contributed by atoms with Gasteiger partial charge >= 0.3 is 5.97 Å². The van der Waals surface area contributed by atoms with Gasteiger partial charge in [0, 0.05) is 19.3 Å². The lowest BCUT2D eigenvalue weighted by molar-refractivity contribution is -0.138. The molecule has 0 radical (unpaired) electrons. The number of hydrogen-bond acceptors (Lipinski definition) is 6. The van der Waals surface area contributed by atoms with Gasteiger partial charge < -0.3 is 24.4 Å². The molecule has 1 saturated heterocycles. The summed E-state index contributed by atoms with van der Waals surface area (Å²) in [6.45, 7) is 11.9. The second-order valence-corrected chi connectivity index (χ2v) is 3.84. The van der Waals surface area contributed by atoms with Gasteiger partial charge in [-0.3, -0.25) is 0 Å². The van der Waals surface area contributed by atoms with Crippen LogP contribution in [0.1, 0.15) is 33.6 Å². The third kappa shape index (κ3) is 22.2. The standard InChI is InChI=1S/C6H8O3.C4H10O2.C4H10O/c1-2-6(7)9-4-5-3-8-5;1-2-3-4(5)6;1-3-5-4-2/h2,5H,1,3-4H2;4-6H,2-3H2,1H3;3-4H2,1-2H3. The minimum Gasteiger partial charge on any atom is -0.460 e. The van der Waals surface area contributed by atoms with Crippen LogP contribution in [0.3, 0.4) is 0 Å². The summed E-state index contributed by atoms with van der Waals surface area (Å²) in [7, 11) is 0. The summed E-state index contributed by atoms with van der Waals surface area (Å²) in [5, 5.41) is 16.2. The minimum atomic E-state index is -1.10. The molecule has 1 aliphatic heterocycles. The van der Waals surface area contributed by atoms with Crippen LogP contribution in [0.4, 0.5) is 0 Å². The topological polar surface area (TPSA) is 88.5 Å². The summed E-state index contributed by atoms with van der Waals surface area (Å²) in [5.41, 5.74) is 0. The molecule has 0 saturated carbocycles. The molecule has 1 unspecified atom stereocenters. The molecule has 1 aliphatic rings. The van der Waals surface area contributed by atoms with E-state index in [4.69, 9.17) is 19.7 Å². The summed E-state index contributed by atoms with van der Waals surface area (Å²) >= 11 is 0. The zero-order valence-electron chi connectivity index (χ0n) is 12.7. The maximum atomic E-state index is 10.3. The Kier molecular flexibility index (Phi) is 17.2. The third-order valence-electron chi connectivity index (χ3n) is 1.94. The highest BCUT2D eigenvalue weighted by atomic mass is 16.6. The van der Waals surface area contributed by atoms with Gasteiger partial charge in [0.25, 0.3) is 0 Å². The monoisotopic (exact) mass is 292 g/mol. The molecule has 120 valence electrons. The average molecular weight is 292 g/mol. The molecular weight excluding hydrogens is 264 g/mol. The van der Waals surface area contributed by atoms with Crippen molar-refractivity contribution >= 4 is 5.97 Å². The Balaban J connectivity index is 0. The van der Waals surface area contributed by atoms with E-state index in [2.05, 4.69) is 11.3 Å². The molecule has 1 atom stereocenters. The molecule has 1 heterocycles. The summed E-state index contributed by atoms with van der Waals surface area (Å²) in [4.78, 5) is 10.3. The van der Waals surface area contributed by atoms with E-state index in [0.29, 0.717) is 19.6 Å². The van der Waals surface area contributed by atoms with Gasteiger partial charge in [0.05, 0.1) is 6.61 Å². The number of ether oxygens (including phenoxy) is 3. The van der Waals surface area contributed by atoms with Gasteiger partial charge in [0.1, 0.15) is 12.7 Å². The highest BCUT2D eigenvalue weighted by molar-refractivity contribution is 5.81. The largest absolute Gasteiger partial charge is 0.460 e. The first-order valence-electron chi connectivity index (χ1n) is 6.86. The smallest absolute Gasteiger partial charge is 0.330 e. The van der Waals surface area contributed by atoms with E-state index in [0.717, 1.165) is 25.7 Å². The van der Waals surface area contributed by atoms with E-state index in [1.54, 1.807) is 0 Å². The van der Waals surface area contributed by atoms with Gasteiger partial charge in [-0.05, 0) is 20.3 Å². The first kappa shape index (κ1) is 21.4. The highest BCUT2D eigenvalue weighted by Crippen LogP contribution is 2.08. The Morgan fingerprint density at radius 1 is 1.40 bits per heavy atom. The van der Waals surface area contributed by atoms with E-state index in [9.17, 15) is 4.79 Å². The fourth-order valence-electron chi connectivity index (χ4n) is 0.861. The fourth-order valence-corrected chi connectivity index (χ4v) is 0.861. The number of aliphatic hydroxyl groups is 2. The molecule has 0 aromatic carbocycles. The Hall–Kier alpha value is -0.950. The predicted molar refractivity (Wildman–Crippen MR) is 76.2 cm³/mol. The summed E-state index contributed by atoms with van der Waals surface area (Å²) in [6, 6.07) is 0. The summed E-state index contributed by atoms with van der Waals surface area (Å²) < 4.78 is 14.3. The van der Waals surface area contributed by atoms with E-state index < -0.39 is 6.29 Å². The molecule has 0 spiro atoms. The number of hydrogen-bond donors (Lipinski definition) is 2. The first-order valence-corrected chi connectivity index (χ1v) is 6.86. The zero-order valence-corrected chi connectivity index (χ0v) is 12.7. The van der Waals surface area contributed by atoms with Gasteiger partial charge in [-0.2, -0.15) is 0 Å². The molecule has 6 heteroatoms. The van der Waals surface area contributed by atoms with E-state index in [1.165, 1.54) is 0 Å². The quantitative estimate of drug-likeness (QED) is 0.318. The second-order valence-electron chi connectivity index (χ2n) is 3.84. The highest BCUT2D eigenvalue weighted by Gasteiger charge is 2.23. The molecule has 6 nitrogen and oxygen atoms in total. The van der Waals surface area contributed by atoms with Gasteiger partial charge in [0.2, 0.25) is 0 Å². The van der Waals surface area contributed by atoms with Crippen LogP contribution in [0, 0.1) is 0 Å². The van der Waals surface area contributed by atoms with Crippen molar-refractivity contribution in [2.75, 3.05) is 26.4 Å². The first-order chi connectivity index (χ1) is 9.51. The van der Waals surface area contributed by atoms with Crippen molar-refractivity contribution in [1.82, 2.24) is 0 Å². The van der Waals surface area contributed by atoms with Crippen molar-refractivity contribution in [3.05, 3.63) is 12.7 Å². The molecule has 1 rings (SSSR count). The van der Waals surface area contributed by atoms with Crippen molar-refractivity contribution in [2.24, 2.45) is 0 Å². The van der Waals surface area contributed by atoms with Gasteiger partial charge in [0.15, 0.2) is 6.29 Å². The molecule has 0 aliphatic carbocycles. The van der Waals surface area contributed by atoms with Crippen LogP contribution in [0.2, 0.25) is 0 Å². The number of epoxide rings is 1. The van der Waals surface area contributed by atoms with Crippen molar-refractivity contribution in [3.63, 3.8) is 0 Å². The third-order valence-corrected chi connectivity index (χ3v) is 1.94. The number of esters is 1. The number of rotatable bonds is 7. The lowest BCUT2D eigenvalue weighted by atomic mass is 10.3. The van der Waals surface area contributed by atoms with Crippen LogP contribution in [-0.2, 0) is 19.0 Å². The van der Waals surface area contributed by atoms with Crippen molar-refractivity contribution < 1.29 is 29.2 Å². The van der Waals surface area contributed by atoms with E-state index >= 15 is 0 Å². The maximum Gasteiger partial charge on any atom is 0.330 e. The molecule has 0 aromatic rings.